The number of benzene rings is 6. The standard InChI is InChI=1S/C51H34N4/c1-4-11-35(12-5-1)41-27-42(36-13-6-2-7-14-36)29-44(28-41)49-32-43(31-48(54-49)40-15-10-25-52-33-40)38-20-18-37(19-21-38)39-22-23-50-46(30-39)47-34-53-26-24-51(47)55(50)45-16-8-3-9-17-45/h1-34H. The van der Waals surface area contributed by atoms with E-state index in [0.29, 0.717) is 0 Å². The molecular weight excluding hydrogens is 669 g/mol. The molecule has 4 aromatic heterocycles. The Labute approximate surface area is 319 Å². The second-order valence-corrected chi connectivity index (χ2v) is 13.8. The first-order chi connectivity index (χ1) is 27.2. The summed E-state index contributed by atoms with van der Waals surface area (Å²) in [6.07, 6.45) is 7.53. The third-order valence-corrected chi connectivity index (χ3v) is 10.4. The van der Waals surface area contributed by atoms with E-state index in [9.17, 15) is 0 Å². The zero-order chi connectivity index (χ0) is 36.6. The van der Waals surface area contributed by atoms with Crippen molar-refractivity contribution in [2.75, 3.05) is 0 Å². The van der Waals surface area contributed by atoms with Crippen LogP contribution in [0, 0.1) is 0 Å². The Hall–Kier alpha value is -7.43. The second kappa shape index (κ2) is 13.8. The Kier molecular flexibility index (Phi) is 8.12. The van der Waals surface area contributed by atoms with Gasteiger partial charge in [0.05, 0.1) is 22.4 Å². The molecular formula is C51H34N4. The quantitative estimate of drug-likeness (QED) is 0.166. The highest BCUT2D eigenvalue weighted by Gasteiger charge is 2.15. The summed E-state index contributed by atoms with van der Waals surface area (Å²) in [5.41, 5.74) is 16.4. The van der Waals surface area contributed by atoms with Crippen molar-refractivity contribution in [3.05, 3.63) is 207 Å². The third kappa shape index (κ3) is 6.16. The van der Waals surface area contributed by atoms with E-state index in [1.54, 1.807) is 6.20 Å². The lowest BCUT2D eigenvalue weighted by Gasteiger charge is -2.14. The number of hydrogen-bond donors (Lipinski definition) is 0. The number of hydrogen-bond acceptors (Lipinski definition) is 3. The highest BCUT2D eigenvalue weighted by Crippen LogP contribution is 2.38. The molecule has 55 heavy (non-hydrogen) atoms. The minimum Gasteiger partial charge on any atom is -0.309 e. The maximum atomic E-state index is 5.26. The average Bonchev–Trinajstić information content (AvgIpc) is 3.61. The summed E-state index contributed by atoms with van der Waals surface area (Å²) in [5.74, 6) is 0. The van der Waals surface area contributed by atoms with Gasteiger partial charge in [-0.2, -0.15) is 0 Å². The predicted molar refractivity (Wildman–Crippen MR) is 227 cm³/mol. The number of rotatable bonds is 7. The lowest BCUT2D eigenvalue weighted by Crippen LogP contribution is -1.93. The molecule has 0 fully saturated rings. The molecule has 0 aliphatic carbocycles. The van der Waals surface area contributed by atoms with Crippen LogP contribution in [0.1, 0.15) is 0 Å². The summed E-state index contributed by atoms with van der Waals surface area (Å²) in [6, 6.07) is 64.6. The van der Waals surface area contributed by atoms with E-state index in [1.807, 2.05) is 24.7 Å². The van der Waals surface area contributed by atoms with Gasteiger partial charge in [0, 0.05) is 52.4 Å². The van der Waals surface area contributed by atoms with Gasteiger partial charge >= 0.3 is 0 Å². The first-order valence-corrected chi connectivity index (χ1v) is 18.5. The summed E-state index contributed by atoms with van der Waals surface area (Å²) >= 11 is 0. The molecule has 0 unspecified atom stereocenters. The summed E-state index contributed by atoms with van der Waals surface area (Å²) in [5, 5.41) is 2.32. The van der Waals surface area contributed by atoms with Crippen LogP contribution in [-0.2, 0) is 0 Å². The molecule has 258 valence electrons. The molecule has 0 aliphatic heterocycles. The van der Waals surface area contributed by atoms with Gasteiger partial charge in [-0.05, 0) is 117 Å². The average molecular weight is 703 g/mol. The van der Waals surface area contributed by atoms with Crippen LogP contribution in [0.2, 0.25) is 0 Å². The van der Waals surface area contributed by atoms with Crippen LogP contribution in [0.5, 0.6) is 0 Å². The Morgan fingerprint density at radius 3 is 1.47 bits per heavy atom. The first-order valence-electron chi connectivity index (χ1n) is 18.5. The van der Waals surface area contributed by atoms with E-state index in [1.165, 1.54) is 16.5 Å². The third-order valence-electron chi connectivity index (χ3n) is 10.4. The van der Waals surface area contributed by atoms with Crippen LogP contribution in [0.4, 0.5) is 0 Å². The van der Waals surface area contributed by atoms with E-state index in [-0.39, 0.29) is 0 Å². The first kappa shape index (κ1) is 32.2. The van der Waals surface area contributed by atoms with Gasteiger partial charge < -0.3 is 4.57 Å². The van der Waals surface area contributed by atoms with Gasteiger partial charge in [-0.15, -0.1) is 0 Å². The Balaban J connectivity index is 1.08. The fraction of sp³-hybridized carbons (Fsp3) is 0. The highest BCUT2D eigenvalue weighted by molar-refractivity contribution is 6.10. The Morgan fingerprint density at radius 2 is 0.818 bits per heavy atom. The van der Waals surface area contributed by atoms with E-state index in [4.69, 9.17) is 4.98 Å². The van der Waals surface area contributed by atoms with Gasteiger partial charge in [0.1, 0.15) is 0 Å². The summed E-state index contributed by atoms with van der Waals surface area (Å²) in [7, 11) is 0. The maximum Gasteiger partial charge on any atom is 0.0731 e. The molecule has 4 heteroatoms. The van der Waals surface area contributed by atoms with Gasteiger partial charge in [-0.3, -0.25) is 9.97 Å². The monoisotopic (exact) mass is 702 g/mol. The minimum atomic E-state index is 0.880. The molecule has 4 nitrogen and oxygen atoms in total. The van der Waals surface area contributed by atoms with Crippen LogP contribution in [0.15, 0.2) is 207 Å². The van der Waals surface area contributed by atoms with E-state index in [2.05, 4.69) is 190 Å². The fourth-order valence-electron chi connectivity index (χ4n) is 7.63. The minimum absolute atomic E-state index is 0.880. The van der Waals surface area contributed by atoms with Crippen molar-refractivity contribution in [1.29, 1.82) is 0 Å². The smallest absolute Gasteiger partial charge is 0.0731 e. The lowest BCUT2D eigenvalue weighted by atomic mass is 9.93. The van der Waals surface area contributed by atoms with Crippen molar-refractivity contribution >= 4 is 21.8 Å². The van der Waals surface area contributed by atoms with Crippen molar-refractivity contribution in [1.82, 2.24) is 19.5 Å². The fourth-order valence-corrected chi connectivity index (χ4v) is 7.63. The Bertz CT molecular complexity index is 2880. The molecule has 0 amide bonds. The van der Waals surface area contributed by atoms with Gasteiger partial charge in [-0.25, -0.2) is 4.98 Å². The van der Waals surface area contributed by atoms with Crippen LogP contribution in [0.3, 0.4) is 0 Å². The largest absolute Gasteiger partial charge is 0.309 e. The lowest BCUT2D eigenvalue weighted by molar-refractivity contribution is 1.17. The number of pyridine rings is 3. The van der Waals surface area contributed by atoms with Gasteiger partial charge in [0.25, 0.3) is 0 Å². The summed E-state index contributed by atoms with van der Waals surface area (Å²) in [4.78, 5) is 14.2. The molecule has 0 aliphatic rings. The molecule has 6 aromatic carbocycles. The molecule has 10 aromatic rings. The van der Waals surface area contributed by atoms with Crippen molar-refractivity contribution in [2.24, 2.45) is 0 Å². The summed E-state index contributed by atoms with van der Waals surface area (Å²) in [6.45, 7) is 0. The molecule has 0 bridgehead atoms. The highest BCUT2D eigenvalue weighted by atomic mass is 15.0. The number of nitrogens with zero attached hydrogens (tertiary/aromatic N) is 4. The molecule has 0 N–H and O–H groups in total. The van der Waals surface area contributed by atoms with E-state index >= 15 is 0 Å². The zero-order valence-corrected chi connectivity index (χ0v) is 29.9. The van der Waals surface area contributed by atoms with Crippen LogP contribution < -0.4 is 0 Å². The molecule has 10 rings (SSSR count). The van der Waals surface area contributed by atoms with E-state index < -0.39 is 0 Å². The van der Waals surface area contributed by atoms with Crippen LogP contribution in [-0.4, -0.2) is 19.5 Å². The number of aromatic nitrogens is 4. The van der Waals surface area contributed by atoms with Crippen molar-refractivity contribution in [3.63, 3.8) is 0 Å². The van der Waals surface area contributed by atoms with E-state index in [0.717, 1.165) is 78.0 Å². The van der Waals surface area contributed by atoms with Crippen molar-refractivity contribution in [3.8, 4) is 72.7 Å². The number of fused-ring (bicyclic) bond motifs is 3. The molecule has 4 heterocycles. The predicted octanol–water partition coefficient (Wildman–Crippen LogP) is 13.0. The molecule has 0 spiro atoms. The molecule has 0 saturated heterocycles. The van der Waals surface area contributed by atoms with Gasteiger partial charge in [0.15, 0.2) is 0 Å². The molecule has 0 saturated carbocycles. The zero-order valence-electron chi connectivity index (χ0n) is 29.9. The number of para-hydroxylation sites is 1. The summed E-state index contributed by atoms with van der Waals surface area (Å²) < 4.78 is 2.32. The Morgan fingerprint density at radius 1 is 0.309 bits per heavy atom. The van der Waals surface area contributed by atoms with Crippen molar-refractivity contribution in [2.45, 2.75) is 0 Å². The molecule has 0 radical (unpaired) electrons. The normalized spacial score (nSPS) is 11.3. The van der Waals surface area contributed by atoms with Gasteiger partial charge in [0.2, 0.25) is 0 Å². The van der Waals surface area contributed by atoms with Crippen LogP contribution in [0.25, 0.3) is 94.5 Å². The topological polar surface area (TPSA) is 43.6 Å². The SMILES string of the molecule is c1ccc(-c2cc(-c3ccccc3)cc(-c3cc(-c4ccc(-c5ccc6c(c5)c5cnccc5n6-c5ccccc5)cc4)cc(-c4cccnc4)n3)c2)cc1. The maximum absolute atomic E-state index is 5.26. The van der Waals surface area contributed by atoms with Crippen molar-refractivity contribution < 1.29 is 0 Å². The molecule has 0 atom stereocenters. The van der Waals surface area contributed by atoms with Gasteiger partial charge in [-0.1, -0.05) is 109 Å². The van der Waals surface area contributed by atoms with Crippen LogP contribution >= 0.6 is 0 Å². The second-order valence-electron chi connectivity index (χ2n) is 13.8.